The first-order valence-electron chi connectivity index (χ1n) is 6.50. The van der Waals surface area contributed by atoms with E-state index in [2.05, 4.69) is 46.8 Å². The second-order valence-corrected chi connectivity index (χ2v) is 5.09. The molecule has 2 heterocycles. The standard InChI is InChI=1S/C11H20N4.C2H6/c1-11(2,3)14-5-6-15-9(8-14)7-10(12-4)13-15;1-2/h7H,5-6,8H2,1-4H3,(H,12,13);1-2H3. The van der Waals surface area contributed by atoms with E-state index in [1.807, 2.05) is 20.9 Å². The van der Waals surface area contributed by atoms with Gasteiger partial charge in [0.1, 0.15) is 5.82 Å². The van der Waals surface area contributed by atoms with Gasteiger partial charge in [-0.25, -0.2) is 0 Å². The molecule has 0 amide bonds. The minimum absolute atomic E-state index is 0.245. The molecule has 0 atom stereocenters. The van der Waals surface area contributed by atoms with Crippen LogP contribution in [0.5, 0.6) is 0 Å². The summed E-state index contributed by atoms with van der Waals surface area (Å²) < 4.78 is 2.11. The summed E-state index contributed by atoms with van der Waals surface area (Å²) in [6, 6.07) is 2.14. The fourth-order valence-electron chi connectivity index (χ4n) is 1.96. The Balaban J connectivity index is 0.000000686. The summed E-state index contributed by atoms with van der Waals surface area (Å²) in [5, 5.41) is 7.55. The number of nitrogens with one attached hydrogen (secondary N) is 1. The SMILES string of the molecule is CC.CNc1cc2n(n1)CCN(C(C)(C)C)C2. The number of anilines is 1. The Kier molecular flexibility index (Phi) is 4.57. The summed E-state index contributed by atoms with van der Waals surface area (Å²) in [5.41, 5.74) is 1.55. The predicted octanol–water partition coefficient (Wildman–Crippen LogP) is 2.57. The van der Waals surface area contributed by atoms with E-state index in [9.17, 15) is 0 Å². The number of rotatable bonds is 1. The molecule has 4 nitrogen and oxygen atoms in total. The van der Waals surface area contributed by atoms with Crippen LogP contribution in [0.3, 0.4) is 0 Å². The first kappa shape index (κ1) is 14.0. The Labute approximate surface area is 105 Å². The second kappa shape index (κ2) is 5.54. The first-order valence-corrected chi connectivity index (χ1v) is 6.50. The highest BCUT2D eigenvalue weighted by atomic mass is 15.4. The molecule has 0 aromatic carbocycles. The van der Waals surface area contributed by atoms with Crippen LogP contribution in [0.1, 0.15) is 40.3 Å². The summed E-state index contributed by atoms with van der Waals surface area (Å²) in [6.07, 6.45) is 0. The van der Waals surface area contributed by atoms with Gasteiger partial charge in [-0.1, -0.05) is 13.8 Å². The quantitative estimate of drug-likeness (QED) is 0.816. The Bertz CT molecular complexity index is 349. The lowest BCUT2D eigenvalue weighted by Crippen LogP contribution is -2.45. The van der Waals surface area contributed by atoms with Crippen LogP contribution in [0.25, 0.3) is 0 Å². The molecule has 0 unspecified atom stereocenters. The third kappa shape index (κ3) is 3.22. The van der Waals surface area contributed by atoms with Crippen molar-refractivity contribution in [3.63, 3.8) is 0 Å². The van der Waals surface area contributed by atoms with E-state index >= 15 is 0 Å². The number of fused-ring (bicyclic) bond motifs is 1. The molecule has 0 aliphatic carbocycles. The summed E-state index contributed by atoms with van der Waals surface area (Å²) in [7, 11) is 1.91. The van der Waals surface area contributed by atoms with Crippen molar-refractivity contribution >= 4 is 5.82 Å². The Morgan fingerprint density at radius 2 is 1.88 bits per heavy atom. The molecule has 2 rings (SSSR count). The van der Waals surface area contributed by atoms with E-state index in [0.717, 1.165) is 25.5 Å². The van der Waals surface area contributed by atoms with Crippen LogP contribution < -0.4 is 5.32 Å². The van der Waals surface area contributed by atoms with Crippen molar-refractivity contribution in [3.05, 3.63) is 11.8 Å². The monoisotopic (exact) mass is 238 g/mol. The molecule has 0 fully saturated rings. The van der Waals surface area contributed by atoms with E-state index in [4.69, 9.17) is 0 Å². The lowest BCUT2D eigenvalue weighted by atomic mass is 10.0. The summed E-state index contributed by atoms with van der Waals surface area (Å²) in [5.74, 6) is 0.973. The van der Waals surface area contributed by atoms with Crippen molar-refractivity contribution in [2.24, 2.45) is 0 Å². The average Bonchev–Trinajstić information content (AvgIpc) is 2.72. The third-order valence-corrected chi connectivity index (χ3v) is 3.00. The summed E-state index contributed by atoms with van der Waals surface area (Å²) in [4.78, 5) is 2.49. The second-order valence-electron chi connectivity index (χ2n) is 5.09. The molecule has 1 N–H and O–H groups in total. The van der Waals surface area contributed by atoms with Gasteiger partial charge in [0, 0.05) is 31.7 Å². The zero-order valence-corrected chi connectivity index (χ0v) is 12.0. The zero-order chi connectivity index (χ0) is 13.1. The molecule has 98 valence electrons. The highest BCUT2D eigenvalue weighted by Gasteiger charge is 2.26. The molecule has 1 aromatic heterocycles. The van der Waals surface area contributed by atoms with Gasteiger partial charge in [0.05, 0.1) is 12.2 Å². The molecular formula is C13H26N4. The topological polar surface area (TPSA) is 33.1 Å². The molecule has 0 spiro atoms. The molecule has 0 saturated heterocycles. The van der Waals surface area contributed by atoms with Gasteiger partial charge in [0.15, 0.2) is 0 Å². The predicted molar refractivity (Wildman–Crippen MR) is 73.3 cm³/mol. The lowest BCUT2D eigenvalue weighted by molar-refractivity contribution is 0.0990. The molecule has 1 aliphatic rings. The Hall–Kier alpha value is -1.03. The molecule has 4 heteroatoms. The number of hydrogen-bond acceptors (Lipinski definition) is 3. The van der Waals surface area contributed by atoms with Gasteiger partial charge in [-0.15, -0.1) is 0 Å². The van der Waals surface area contributed by atoms with Crippen LogP contribution in [-0.4, -0.2) is 33.8 Å². The zero-order valence-electron chi connectivity index (χ0n) is 12.0. The van der Waals surface area contributed by atoms with Crippen molar-refractivity contribution < 1.29 is 0 Å². The van der Waals surface area contributed by atoms with Gasteiger partial charge < -0.3 is 5.32 Å². The Morgan fingerprint density at radius 3 is 2.41 bits per heavy atom. The van der Waals surface area contributed by atoms with Crippen LogP contribution in [0.4, 0.5) is 5.82 Å². The van der Waals surface area contributed by atoms with Crippen molar-refractivity contribution in [2.45, 2.75) is 53.2 Å². The summed E-state index contributed by atoms with van der Waals surface area (Å²) >= 11 is 0. The fourth-order valence-corrected chi connectivity index (χ4v) is 1.96. The smallest absolute Gasteiger partial charge is 0.148 e. The van der Waals surface area contributed by atoms with Gasteiger partial charge in [0.2, 0.25) is 0 Å². The number of hydrogen-bond donors (Lipinski definition) is 1. The van der Waals surface area contributed by atoms with Gasteiger partial charge in [0.25, 0.3) is 0 Å². The maximum atomic E-state index is 4.46. The van der Waals surface area contributed by atoms with E-state index < -0.39 is 0 Å². The summed E-state index contributed by atoms with van der Waals surface area (Å²) in [6.45, 7) is 13.9. The minimum Gasteiger partial charge on any atom is -0.372 e. The van der Waals surface area contributed by atoms with Crippen LogP contribution >= 0.6 is 0 Å². The average molecular weight is 238 g/mol. The number of aromatic nitrogens is 2. The lowest BCUT2D eigenvalue weighted by Gasteiger charge is -2.38. The molecule has 0 bridgehead atoms. The van der Waals surface area contributed by atoms with Crippen LogP contribution in [0.2, 0.25) is 0 Å². The highest BCUT2D eigenvalue weighted by molar-refractivity contribution is 5.35. The van der Waals surface area contributed by atoms with Crippen molar-refractivity contribution in [1.82, 2.24) is 14.7 Å². The van der Waals surface area contributed by atoms with E-state index in [1.54, 1.807) is 0 Å². The maximum absolute atomic E-state index is 4.46. The largest absolute Gasteiger partial charge is 0.372 e. The van der Waals surface area contributed by atoms with Gasteiger partial charge in [-0.2, -0.15) is 5.10 Å². The number of nitrogens with zero attached hydrogens (tertiary/aromatic N) is 3. The molecule has 17 heavy (non-hydrogen) atoms. The van der Waals surface area contributed by atoms with Crippen LogP contribution in [-0.2, 0) is 13.1 Å². The Morgan fingerprint density at radius 1 is 1.24 bits per heavy atom. The van der Waals surface area contributed by atoms with Gasteiger partial charge >= 0.3 is 0 Å². The van der Waals surface area contributed by atoms with E-state index in [0.29, 0.717) is 0 Å². The molecule has 1 aromatic rings. The molecule has 1 aliphatic heterocycles. The molecule has 0 radical (unpaired) electrons. The molecule has 0 saturated carbocycles. The normalized spacial score (nSPS) is 15.9. The van der Waals surface area contributed by atoms with Gasteiger partial charge in [-0.05, 0) is 20.8 Å². The first-order chi connectivity index (χ1) is 8.00. The van der Waals surface area contributed by atoms with Gasteiger partial charge in [-0.3, -0.25) is 9.58 Å². The maximum Gasteiger partial charge on any atom is 0.148 e. The third-order valence-electron chi connectivity index (χ3n) is 3.00. The van der Waals surface area contributed by atoms with Crippen LogP contribution in [0.15, 0.2) is 6.07 Å². The fraction of sp³-hybridized carbons (Fsp3) is 0.769. The van der Waals surface area contributed by atoms with E-state index in [1.165, 1.54) is 5.69 Å². The highest BCUT2D eigenvalue weighted by Crippen LogP contribution is 2.22. The van der Waals surface area contributed by atoms with Crippen LogP contribution in [0, 0.1) is 0 Å². The van der Waals surface area contributed by atoms with Crippen molar-refractivity contribution in [1.29, 1.82) is 0 Å². The van der Waals surface area contributed by atoms with E-state index in [-0.39, 0.29) is 5.54 Å². The minimum atomic E-state index is 0.245. The van der Waals surface area contributed by atoms with Crippen molar-refractivity contribution in [3.8, 4) is 0 Å². The van der Waals surface area contributed by atoms with Crippen molar-refractivity contribution in [2.75, 3.05) is 18.9 Å². The molecular weight excluding hydrogens is 212 g/mol.